The zero-order valence-electron chi connectivity index (χ0n) is 8.82. The van der Waals surface area contributed by atoms with E-state index in [1.807, 2.05) is 0 Å². The monoisotopic (exact) mass is 223 g/mol. The summed E-state index contributed by atoms with van der Waals surface area (Å²) in [6.45, 7) is 0.260. The van der Waals surface area contributed by atoms with Crippen LogP contribution < -0.4 is 21.3 Å². The molecule has 0 aliphatic carbocycles. The highest BCUT2D eigenvalue weighted by Gasteiger charge is 2.10. The molecule has 0 aromatic heterocycles. The molecule has 0 spiro atoms. The van der Waals surface area contributed by atoms with Gasteiger partial charge in [-0.05, 0) is 17.7 Å². The fourth-order valence-corrected chi connectivity index (χ4v) is 1.07. The van der Waals surface area contributed by atoms with Gasteiger partial charge >= 0.3 is 11.8 Å². The van der Waals surface area contributed by atoms with Crippen LogP contribution in [0.1, 0.15) is 5.56 Å². The molecule has 0 aliphatic heterocycles. The number of carbonyl (C=O) groups is 2. The number of nitrogens with two attached hydrogens (primary N) is 1. The van der Waals surface area contributed by atoms with Gasteiger partial charge in [0.15, 0.2) is 0 Å². The molecule has 1 aromatic rings. The Morgan fingerprint density at radius 2 is 1.88 bits per heavy atom. The van der Waals surface area contributed by atoms with Crippen LogP contribution in [0.15, 0.2) is 24.3 Å². The summed E-state index contributed by atoms with van der Waals surface area (Å²) >= 11 is 0. The van der Waals surface area contributed by atoms with Gasteiger partial charge in [0.05, 0.1) is 7.11 Å². The average molecular weight is 223 g/mol. The lowest BCUT2D eigenvalue weighted by Crippen LogP contribution is -2.42. The van der Waals surface area contributed by atoms with Crippen molar-refractivity contribution in [2.45, 2.75) is 6.54 Å². The minimum atomic E-state index is -0.867. The molecule has 0 unspecified atom stereocenters. The predicted molar refractivity (Wildman–Crippen MR) is 57.2 cm³/mol. The highest BCUT2D eigenvalue weighted by Crippen LogP contribution is 2.10. The van der Waals surface area contributed by atoms with Crippen LogP contribution in [0.25, 0.3) is 0 Å². The van der Waals surface area contributed by atoms with Gasteiger partial charge in [-0.15, -0.1) is 0 Å². The second kappa shape index (κ2) is 5.72. The first kappa shape index (κ1) is 12.0. The number of carbonyl (C=O) groups excluding carboxylic acids is 2. The predicted octanol–water partition coefficient (Wildman–Crippen LogP) is -0.699. The molecule has 16 heavy (non-hydrogen) atoms. The van der Waals surface area contributed by atoms with Gasteiger partial charge in [-0.2, -0.15) is 0 Å². The maximum Gasteiger partial charge on any atom is 0.323 e. The lowest BCUT2D eigenvalue weighted by molar-refractivity contribution is -0.139. The van der Waals surface area contributed by atoms with Crippen molar-refractivity contribution in [3.8, 4) is 5.75 Å². The van der Waals surface area contributed by atoms with E-state index in [2.05, 4.69) is 5.32 Å². The quantitative estimate of drug-likeness (QED) is 0.273. The van der Waals surface area contributed by atoms with E-state index >= 15 is 0 Å². The van der Waals surface area contributed by atoms with Crippen LogP contribution in [-0.2, 0) is 16.1 Å². The van der Waals surface area contributed by atoms with E-state index in [4.69, 9.17) is 10.6 Å². The van der Waals surface area contributed by atoms with E-state index in [-0.39, 0.29) is 6.54 Å². The summed E-state index contributed by atoms with van der Waals surface area (Å²) in [5, 5.41) is 2.42. The molecule has 86 valence electrons. The molecule has 0 saturated heterocycles. The fourth-order valence-electron chi connectivity index (χ4n) is 1.07. The summed E-state index contributed by atoms with van der Waals surface area (Å²) in [6, 6.07) is 7.12. The Bertz CT molecular complexity index is 375. The summed E-state index contributed by atoms with van der Waals surface area (Å²) in [5.41, 5.74) is 2.61. The zero-order valence-corrected chi connectivity index (χ0v) is 8.82. The van der Waals surface area contributed by atoms with Crippen molar-refractivity contribution in [3.05, 3.63) is 29.8 Å². The Hall–Kier alpha value is -2.08. The number of methoxy groups -OCH3 is 1. The van der Waals surface area contributed by atoms with Gasteiger partial charge in [0.2, 0.25) is 0 Å². The number of benzene rings is 1. The lowest BCUT2D eigenvalue weighted by Gasteiger charge is -2.05. The summed E-state index contributed by atoms with van der Waals surface area (Å²) in [5.74, 6) is 3.90. The lowest BCUT2D eigenvalue weighted by atomic mass is 10.2. The van der Waals surface area contributed by atoms with Gasteiger partial charge in [-0.3, -0.25) is 15.0 Å². The highest BCUT2D eigenvalue weighted by atomic mass is 16.5. The Morgan fingerprint density at radius 1 is 1.25 bits per heavy atom. The van der Waals surface area contributed by atoms with E-state index < -0.39 is 11.8 Å². The van der Waals surface area contributed by atoms with Gasteiger partial charge in [-0.1, -0.05) is 12.1 Å². The summed E-state index contributed by atoms with van der Waals surface area (Å²) < 4.78 is 4.98. The maximum absolute atomic E-state index is 11.0. The largest absolute Gasteiger partial charge is 0.497 e. The van der Waals surface area contributed by atoms with E-state index in [1.54, 1.807) is 36.8 Å². The molecule has 2 amide bonds. The van der Waals surface area contributed by atoms with Crippen molar-refractivity contribution < 1.29 is 14.3 Å². The van der Waals surface area contributed by atoms with Crippen LogP contribution >= 0.6 is 0 Å². The molecule has 4 N–H and O–H groups in total. The fraction of sp³-hybridized carbons (Fsp3) is 0.200. The van der Waals surface area contributed by atoms with E-state index in [0.29, 0.717) is 0 Å². The molecule has 1 aromatic carbocycles. The summed E-state index contributed by atoms with van der Waals surface area (Å²) in [6.07, 6.45) is 0. The first-order valence-corrected chi connectivity index (χ1v) is 4.59. The molecule has 0 saturated carbocycles. The molecular weight excluding hydrogens is 210 g/mol. The maximum atomic E-state index is 11.0. The molecule has 6 heteroatoms. The molecule has 0 atom stereocenters. The molecular formula is C10H13N3O3. The second-order valence-electron chi connectivity index (χ2n) is 3.00. The number of hydrazine groups is 1. The number of nitrogens with one attached hydrogen (secondary N) is 2. The number of amides is 2. The molecule has 0 fully saturated rings. The molecule has 0 aliphatic rings. The first-order chi connectivity index (χ1) is 7.67. The smallest absolute Gasteiger partial charge is 0.323 e. The van der Waals surface area contributed by atoms with Crippen LogP contribution in [0.5, 0.6) is 5.75 Å². The summed E-state index contributed by atoms with van der Waals surface area (Å²) in [4.78, 5) is 21.8. The van der Waals surface area contributed by atoms with Crippen molar-refractivity contribution in [1.82, 2.24) is 10.7 Å². The minimum Gasteiger partial charge on any atom is -0.497 e. The van der Waals surface area contributed by atoms with Gasteiger partial charge < -0.3 is 10.1 Å². The van der Waals surface area contributed by atoms with Gasteiger partial charge in [0, 0.05) is 6.54 Å². The first-order valence-electron chi connectivity index (χ1n) is 4.59. The number of hydrogen-bond donors (Lipinski definition) is 3. The van der Waals surface area contributed by atoms with Crippen molar-refractivity contribution in [1.29, 1.82) is 0 Å². The van der Waals surface area contributed by atoms with Crippen molar-refractivity contribution in [3.63, 3.8) is 0 Å². The Labute approximate surface area is 92.7 Å². The highest BCUT2D eigenvalue weighted by molar-refractivity contribution is 6.34. The van der Waals surface area contributed by atoms with Crippen LogP contribution in [-0.4, -0.2) is 18.9 Å². The topological polar surface area (TPSA) is 93.4 Å². The third-order valence-corrected chi connectivity index (χ3v) is 1.95. The Kier molecular flexibility index (Phi) is 4.28. The normalized spacial score (nSPS) is 9.38. The van der Waals surface area contributed by atoms with Crippen LogP contribution in [0.3, 0.4) is 0 Å². The standard InChI is InChI=1S/C10H13N3O3/c1-16-8-4-2-7(3-5-8)6-12-9(14)10(15)13-11/h2-5H,6,11H2,1H3,(H,12,14)(H,13,15). The molecule has 0 bridgehead atoms. The summed E-state index contributed by atoms with van der Waals surface area (Å²) in [7, 11) is 1.57. The number of rotatable bonds is 3. The van der Waals surface area contributed by atoms with Crippen molar-refractivity contribution >= 4 is 11.8 Å². The number of hydrogen-bond acceptors (Lipinski definition) is 4. The SMILES string of the molecule is COc1ccc(CNC(=O)C(=O)NN)cc1. The molecule has 1 rings (SSSR count). The third-order valence-electron chi connectivity index (χ3n) is 1.95. The zero-order chi connectivity index (χ0) is 12.0. The minimum absolute atomic E-state index is 0.260. The van der Waals surface area contributed by atoms with Crippen LogP contribution in [0, 0.1) is 0 Å². The Morgan fingerprint density at radius 3 is 2.38 bits per heavy atom. The van der Waals surface area contributed by atoms with Crippen molar-refractivity contribution in [2.24, 2.45) is 5.84 Å². The van der Waals surface area contributed by atoms with E-state index in [9.17, 15) is 9.59 Å². The van der Waals surface area contributed by atoms with Crippen molar-refractivity contribution in [2.75, 3.05) is 7.11 Å². The van der Waals surface area contributed by atoms with Crippen LogP contribution in [0.2, 0.25) is 0 Å². The van der Waals surface area contributed by atoms with Crippen LogP contribution in [0.4, 0.5) is 0 Å². The van der Waals surface area contributed by atoms with E-state index in [1.165, 1.54) is 0 Å². The molecule has 6 nitrogen and oxygen atoms in total. The third kappa shape index (κ3) is 3.25. The van der Waals surface area contributed by atoms with Gasteiger partial charge in [0.1, 0.15) is 5.75 Å². The second-order valence-corrected chi connectivity index (χ2v) is 3.00. The average Bonchev–Trinajstić information content (AvgIpc) is 2.35. The number of ether oxygens (including phenoxy) is 1. The molecule has 0 heterocycles. The van der Waals surface area contributed by atoms with E-state index in [0.717, 1.165) is 11.3 Å². The van der Waals surface area contributed by atoms with Gasteiger partial charge in [-0.25, -0.2) is 5.84 Å². The molecule has 0 radical (unpaired) electrons. The van der Waals surface area contributed by atoms with Gasteiger partial charge in [0.25, 0.3) is 0 Å². The Balaban J connectivity index is 2.48.